The van der Waals surface area contributed by atoms with Crippen LogP contribution in [0.25, 0.3) is 16.9 Å². The van der Waals surface area contributed by atoms with Gasteiger partial charge in [-0.25, -0.2) is 4.98 Å². The number of aryl methyl sites for hydroxylation is 3. The van der Waals surface area contributed by atoms with Gasteiger partial charge in [-0.3, -0.25) is 4.79 Å². The SMILES string of the molecule is COc1ccc(CCC(=O)Nc2cc(-c3cn4ccc(C)cc4n3)ccc2C)cc1. The number of carbonyl (C=O) groups is 1. The van der Waals surface area contributed by atoms with Crippen molar-refractivity contribution in [1.82, 2.24) is 9.38 Å². The van der Waals surface area contributed by atoms with Crippen LogP contribution >= 0.6 is 0 Å². The molecule has 1 amide bonds. The Morgan fingerprint density at radius 2 is 1.87 bits per heavy atom. The van der Waals surface area contributed by atoms with Gasteiger partial charge in [-0.05, 0) is 67.3 Å². The molecular weight excluding hydrogens is 374 g/mol. The number of fused-ring (bicyclic) bond motifs is 1. The molecule has 2 aromatic carbocycles. The molecule has 4 rings (SSSR count). The molecule has 0 spiro atoms. The minimum Gasteiger partial charge on any atom is -0.497 e. The summed E-state index contributed by atoms with van der Waals surface area (Å²) in [5, 5.41) is 3.06. The van der Waals surface area contributed by atoms with Gasteiger partial charge in [-0.15, -0.1) is 0 Å². The minimum absolute atomic E-state index is 0.00306. The fourth-order valence-electron chi connectivity index (χ4n) is 3.40. The van der Waals surface area contributed by atoms with Crippen LogP contribution in [0, 0.1) is 13.8 Å². The molecule has 0 aliphatic rings. The number of ether oxygens (including phenoxy) is 1. The van der Waals surface area contributed by atoms with Crippen molar-refractivity contribution in [2.75, 3.05) is 12.4 Å². The average molecular weight is 399 g/mol. The molecule has 0 bridgehead atoms. The summed E-state index contributed by atoms with van der Waals surface area (Å²) in [5.74, 6) is 0.814. The van der Waals surface area contributed by atoms with Gasteiger partial charge in [0.15, 0.2) is 0 Å². The van der Waals surface area contributed by atoms with Crippen LogP contribution in [0.15, 0.2) is 67.0 Å². The maximum atomic E-state index is 12.5. The maximum Gasteiger partial charge on any atom is 0.224 e. The predicted molar refractivity (Wildman–Crippen MR) is 120 cm³/mol. The Hall–Kier alpha value is -3.60. The quantitative estimate of drug-likeness (QED) is 0.485. The first-order chi connectivity index (χ1) is 14.5. The van der Waals surface area contributed by atoms with E-state index < -0.39 is 0 Å². The molecule has 0 saturated carbocycles. The Morgan fingerprint density at radius 1 is 1.07 bits per heavy atom. The molecule has 0 unspecified atom stereocenters. The number of methoxy groups -OCH3 is 1. The Balaban J connectivity index is 1.47. The summed E-state index contributed by atoms with van der Waals surface area (Å²) in [6.45, 7) is 4.05. The lowest BCUT2D eigenvalue weighted by atomic mass is 10.1. The number of hydrogen-bond donors (Lipinski definition) is 1. The number of nitrogens with one attached hydrogen (secondary N) is 1. The van der Waals surface area contributed by atoms with E-state index in [1.165, 1.54) is 5.56 Å². The molecule has 152 valence electrons. The summed E-state index contributed by atoms with van der Waals surface area (Å²) >= 11 is 0. The molecule has 0 aliphatic carbocycles. The van der Waals surface area contributed by atoms with Gasteiger partial charge < -0.3 is 14.5 Å². The third-order valence-electron chi connectivity index (χ3n) is 5.22. The van der Waals surface area contributed by atoms with Crippen LogP contribution in [0.3, 0.4) is 0 Å². The van der Waals surface area contributed by atoms with E-state index in [0.29, 0.717) is 12.8 Å². The fourth-order valence-corrected chi connectivity index (χ4v) is 3.40. The number of imidazole rings is 1. The van der Waals surface area contributed by atoms with Crippen LogP contribution in [0.4, 0.5) is 5.69 Å². The summed E-state index contributed by atoms with van der Waals surface area (Å²) in [4.78, 5) is 17.3. The topological polar surface area (TPSA) is 55.6 Å². The van der Waals surface area contributed by atoms with Gasteiger partial charge in [-0.1, -0.05) is 24.3 Å². The molecule has 30 heavy (non-hydrogen) atoms. The normalized spacial score (nSPS) is 10.9. The van der Waals surface area contributed by atoms with E-state index in [4.69, 9.17) is 9.72 Å². The van der Waals surface area contributed by atoms with Crippen LogP contribution in [-0.4, -0.2) is 22.4 Å². The van der Waals surface area contributed by atoms with Crippen molar-refractivity contribution in [1.29, 1.82) is 0 Å². The molecule has 1 N–H and O–H groups in total. The molecule has 2 heterocycles. The molecule has 5 nitrogen and oxygen atoms in total. The first kappa shape index (κ1) is 19.7. The molecule has 5 heteroatoms. The molecule has 0 saturated heterocycles. The zero-order chi connectivity index (χ0) is 21.1. The Morgan fingerprint density at radius 3 is 2.63 bits per heavy atom. The smallest absolute Gasteiger partial charge is 0.224 e. The number of carbonyl (C=O) groups excluding carboxylic acids is 1. The number of pyridine rings is 1. The second-order valence-corrected chi connectivity index (χ2v) is 7.52. The molecule has 4 aromatic rings. The summed E-state index contributed by atoms with van der Waals surface area (Å²) < 4.78 is 7.18. The first-order valence-corrected chi connectivity index (χ1v) is 10.0. The van der Waals surface area contributed by atoms with Gasteiger partial charge in [0.2, 0.25) is 5.91 Å². The highest BCUT2D eigenvalue weighted by Gasteiger charge is 2.10. The van der Waals surface area contributed by atoms with Crippen LogP contribution in [-0.2, 0) is 11.2 Å². The maximum absolute atomic E-state index is 12.5. The van der Waals surface area contributed by atoms with Crippen LogP contribution in [0.5, 0.6) is 5.75 Å². The monoisotopic (exact) mass is 399 g/mol. The fraction of sp³-hybridized carbons (Fsp3) is 0.200. The van der Waals surface area contributed by atoms with Crippen molar-refractivity contribution in [2.24, 2.45) is 0 Å². The zero-order valence-corrected chi connectivity index (χ0v) is 17.5. The van der Waals surface area contributed by atoms with Crippen molar-refractivity contribution < 1.29 is 9.53 Å². The van der Waals surface area contributed by atoms with Crippen LogP contribution in [0.2, 0.25) is 0 Å². The van der Waals surface area contributed by atoms with Gasteiger partial charge in [-0.2, -0.15) is 0 Å². The number of hydrogen-bond acceptors (Lipinski definition) is 3. The highest BCUT2D eigenvalue weighted by molar-refractivity contribution is 5.92. The predicted octanol–water partition coefficient (Wildman–Crippen LogP) is 5.20. The van der Waals surface area contributed by atoms with E-state index in [1.54, 1.807) is 7.11 Å². The number of rotatable bonds is 6. The molecule has 0 fully saturated rings. The molecule has 2 aromatic heterocycles. The summed E-state index contributed by atoms with van der Waals surface area (Å²) in [5.41, 5.74) is 6.90. The Labute approximate surface area is 176 Å². The van der Waals surface area contributed by atoms with Gasteiger partial charge in [0.1, 0.15) is 11.4 Å². The van der Waals surface area contributed by atoms with Gasteiger partial charge in [0, 0.05) is 30.1 Å². The molecular formula is C25H25N3O2. The van der Waals surface area contributed by atoms with E-state index >= 15 is 0 Å². The van der Waals surface area contributed by atoms with Crippen molar-refractivity contribution in [3.05, 3.63) is 83.7 Å². The van der Waals surface area contributed by atoms with Crippen molar-refractivity contribution >= 4 is 17.2 Å². The number of amides is 1. The lowest BCUT2D eigenvalue weighted by molar-refractivity contribution is -0.116. The number of anilines is 1. The van der Waals surface area contributed by atoms with E-state index in [1.807, 2.05) is 66.2 Å². The highest BCUT2D eigenvalue weighted by atomic mass is 16.5. The van der Waals surface area contributed by atoms with E-state index in [0.717, 1.165) is 39.5 Å². The zero-order valence-electron chi connectivity index (χ0n) is 17.5. The Bertz CT molecular complexity index is 1190. The van der Waals surface area contributed by atoms with Crippen LogP contribution < -0.4 is 10.1 Å². The number of nitrogens with zero attached hydrogens (tertiary/aromatic N) is 2. The lowest BCUT2D eigenvalue weighted by Crippen LogP contribution is -2.13. The first-order valence-electron chi connectivity index (χ1n) is 10.0. The third-order valence-corrected chi connectivity index (χ3v) is 5.22. The Kier molecular flexibility index (Phi) is 5.53. The molecule has 0 atom stereocenters. The van der Waals surface area contributed by atoms with Gasteiger partial charge in [0.25, 0.3) is 0 Å². The number of aromatic nitrogens is 2. The molecule has 0 radical (unpaired) electrons. The van der Waals surface area contributed by atoms with Crippen LogP contribution in [0.1, 0.15) is 23.1 Å². The van der Waals surface area contributed by atoms with Gasteiger partial charge >= 0.3 is 0 Å². The number of benzene rings is 2. The van der Waals surface area contributed by atoms with E-state index in [9.17, 15) is 4.79 Å². The van der Waals surface area contributed by atoms with E-state index in [-0.39, 0.29) is 5.91 Å². The minimum atomic E-state index is -0.00306. The summed E-state index contributed by atoms with van der Waals surface area (Å²) in [6, 6.07) is 18.0. The summed E-state index contributed by atoms with van der Waals surface area (Å²) in [7, 11) is 1.65. The van der Waals surface area contributed by atoms with E-state index in [2.05, 4.69) is 24.4 Å². The second kappa shape index (κ2) is 8.41. The summed E-state index contributed by atoms with van der Waals surface area (Å²) in [6.07, 6.45) is 5.12. The molecule has 0 aliphatic heterocycles. The second-order valence-electron chi connectivity index (χ2n) is 7.52. The van der Waals surface area contributed by atoms with Crippen molar-refractivity contribution in [2.45, 2.75) is 26.7 Å². The standard InChI is InChI=1S/C25H25N3O2/c1-17-12-13-28-16-23(26-24(28)14-17)20-8-4-18(2)22(15-20)27-25(29)11-7-19-5-9-21(30-3)10-6-19/h4-6,8-10,12-16H,7,11H2,1-3H3,(H,27,29). The van der Waals surface area contributed by atoms with Crippen molar-refractivity contribution in [3.8, 4) is 17.0 Å². The average Bonchev–Trinajstić information content (AvgIpc) is 3.17. The lowest BCUT2D eigenvalue weighted by Gasteiger charge is -2.10. The third kappa shape index (κ3) is 4.35. The van der Waals surface area contributed by atoms with Gasteiger partial charge in [0.05, 0.1) is 12.8 Å². The largest absolute Gasteiger partial charge is 0.497 e. The van der Waals surface area contributed by atoms with Crippen molar-refractivity contribution in [3.63, 3.8) is 0 Å². The highest BCUT2D eigenvalue weighted by Crippen LogP contribution is 2.26.